The molecule has 2 nitrogen and oxygen atoms in total. The van der Waals surface area contributed by atoms with Crippen LogP contribution in [0.2, 0.25) is 0 Å². The van der Waals surface area contributed by atoms with Gasteiger partial charge in [-0.3, -0.25) is 0 Å². The van der Waals surface area contributed by atoms with Gasteiger partial charge in [0.05, 0.1) is 6.10 Å². The molecule has 0 aromatic carbocycles. The van der Waals surface area contributed by atoms with Crippen molar-refractivity contribution in [1.82, 2.24) is 0 Å². The first kappa shape index (κ1) is 9.01. The lowest BCUT2D eigenvalue weighted by Crippen LogP contribution is -2.28. The average molecular weight is 157 g/mol. The van der Waals surface area contributed by atoms with E-state index in [0.717, 1.165) is 12.8 Å². The predicted octanol–water partition coefficient (Wildman–Crippen LogP) is 1.28. The summed E-state index contributed by atoms with van der Waals surface area (Å²) in [5.41, 5.74) is 5.55. The Balaban J connectivity index is 2.33. The van der Waals surface area contributed by atoms with E-state index < -0.39 is 0 Å². The van der Waals surface area contributed by atoms with Gasteiger partial charge in [-0.25, -0.2) is 0 Å². The van der Waals surface area contributed by atoms with Crippen molar-refractivity contribution in [2.45, 2.75) is 44.6 Å². The van der Waals surface area contributed by atoms with Crippen LogP contribution in [0, 0.1) is 5.92 Å². The smallest absolute Gasteiger partial charge is 0.0580 e. The van der Waals surface area contributed by atoms with Crippen molar-refractivity contribution in [3.8, 4) is 0 Å². The van der Waals surface area contributed by atoms with E-state index in [1.165, 1.54) is 25.7 Å². The molecule has 0 aromatic heterocycles. The minimum atomic E-state index is -0.125. The molecule has 1 aliphatic carbocycles. The molecule has 1 saturated carbocycles. The van der Waals surface area contributed by atoms with E-state index in [0.29, 0.717) is 12.5 Å². The third-order valence-electron chi connectivity index (χ3n) is 2.67. The van der Waals surface area contributed by atoms with Crippen LogP contribution in [0.3, 0.4) is 0 Å². The minimum absolute atomic E-state index is 0.125. The zero-order valence-electron chi connectivity index (χ0n) is 7.13. The fourth-order valence-electron chi connectivity index (χ4n) is 1.82. The lowest BCUT2D eigenvalue weighted by molar-refractivity contribution is 0.0878. The second-order valence-corrected chi connectivity index (χ2v) is 3.55. The molecule has 0 amide bonds. The summed E-state index contributed by atoms with van der Waals surface area (Å²) in [6.07, 6.45) is 6.99. The summed E-state index contributed by atoms with van der Waals surface area (Å²) in [5, 5.41) is 9.59. The van der Waals surface area contributed by atoms with Gasteiger partial charge in [0, 0.05) is 0 Å². The highest BCUT2D eigenvalue weighted by Gasteiger charge is 2.18. The van der Waals surface area contributed by atoms with E-state index in [1.807, 2.05) is 0 Å². The fourth-order valence-corrected chi connectivity index (χ4v) is 1.82. The topological polar surface area (TPSA) is 46.2 Å². The summed E-state index contributed by atoms with van der Waals surface area (Å²) in [7, 11) is 0. The van der Waals surface area contributed by atoms with Crippen molar-refractivity contribution in [2.75, 3.05) is 6.54 Å². The molecular weight excluding hydrogens is 138 g/mol. The quantitative estimate of drug-likeness (QED) is 0.602. The van der Waals surface area contributed by atoms with Gasteiger partial charge >= 0.3 is 0 Å². The van der Waals surface area contributed by atoms with E-state index in [-0.39, 0.29) is 6.10 Å². The number of nitrogens with two attached hydrogens (primary N) is 1. The lowest BCUT2D eigenvalue weighted by atomic mass is 9.89. The highest BCUT2D eigenvalue weighted by molar-refractivity contribution is 4.72. The Morgan fingerprint density at radius 2 is 1.73 bits per heavy atom. The first-order valence-corrected chi connectivity index (χ1v) is 4.72. The highest BCUT2D eigenvalue weighted by atomic mass is 16.3. The molecule has 0 saturated heterocycles. The van der Waals surface area contributed by atoms with Crippen LogP contribution in [0.5, 0.6) is 0 Å². The van der Waals surface area contributed by atoms with Crippen molar-refractivity contribution in [1.29, 1.82) is 0 Å². The zero-order valence-corrected chi connectivity index (χ0v) is 7.13. The maximum absolute atomic E-state index is 9.59. The van der Waals surface area contributed by atoms with E-state index in [2.05, 4.69) is 0 Å². The second-order valence-electron chi connectivity index (χ2n) is 3.55. The molecule has 1 fully saturated rings. The highest BCUT2D eigenvalue weighted by Crippen LogP contribution is 2.21. The van der Waals surface area contributed by atoms with Gasteiger partial charge in [0.1, 0.15) is 0 Å². The monoisotopic (exact) mass is 157 g/mol. The summed E-state index contributed by atoms with van der Waals surface area (Å²) in [5.74, 6) is 0.371. The van der Waals surface area contributed by atoms with Gasteiger partial charge in [-0.15, -0.1) is 0 Å². The van der Waals surface area contributed by atoms with Crippen LogP contribution in [0.4, 0.5) is 0 Å². The molecule has 1 aliphatic rings. The van der Waals surface area contributed by atoms with Gasteiger partial charge in [0.25, 0.3) is 0 Å². The van der Waals surface area contributed by atoms with E-state index in [4.69, 9.17) is 5.73 Å². The van der Waals surface area contributed by atoms with Gasteiger partial charge in [-0.2, -0.15) is 0 Å². The number of rotatable bonds is 1. The Bertz CT molecular complexity index is 106. The van der Waals surface area contributed by atoms with E-state index in [9.17, 15) is 5.11 Å². The molecule has 0 heterocycles. The Labute approximate surface area is 68.8 Å². The molecule has 11 heavy (non-hydrogen) atoms. The van der Waals surface area contributed by atoms with Crippen LogP contribution < -0.4 is 5.73 Å². The molecule has 0 aromatic rings. The van der Waals surface area contributed by atoms with Crippen LogP contribution in [-0.4, -0.2) is 17.8 Å². The Morgan fingerprint density at radius 3 is 2.36 bits per heavy atom. The van der Waals surface area contributed by atoms with Crippen molar-refractivity contribution in [3.63, 3.8) is 0 Å². The number of hydrogen-bond acceptors (Lipinski definition) is 2. The molecule has 0 bridgehead atoms. The standard InChI is InChI=1S/C9H19NO/c10-7-8-5-3-1-2-4-6-9(8)11/h8-9,11H,1-7,10H2/t8-,9-/m0/s1. The van der Waals surface area contributed by atoms with Gasteiger partial charge in [0.2, 0.25) is 0 Å². The molecule has 3 N–H and O–H groups in total. The van der Waals surface area contributed by atoms with Gasteiger partial charge < -0.3 is 10.8 Å². The average Bonchev–Trinajstić information content (AvgIpc) is 1.98. The molecule has 0 spiro atoms. The first-order chi connectivity index (χ1) is 5.34. The Hall–Kier alpha value is -0.0800. The van der Waals surface area contributed by atoms with Crippen molar-refractivity contribution in [2.24, 2.45) is 11.7 Å². The lowest BCUT2D eigenvalue weighted by Gasteiger charge is -2.23. The molecule has 2 atom stereocenters. The van der Waals surface area contributed by atoms with Gasteiger partial charge in [-0.05, 0) is 25.3 Å². The Morgan fingerprint density at radius 1 is 1.09 bits per heavy atom. The maximum Gasteiger partial charge on any atom is 0.0580 e. The molecule has 66 valence electrons. The third-order valence-corrected chi connectivity index (χ3v) is 2.67. The summed E-state index contributed by atoms with van der Waals surface area (Å²) in [6, 6.07) is 0. The predicted molar refractivity (Wildman–Crippen MR) is 46.3 cm³/mol. The molecule has 1 rings (SSSR count). The normalized spacial score (nSPS) is 34.4. The Kier molecular flexibility index (Phi) is 3.87. The number of aliphatic hydroxyl groups excluding tert-OH is 1. The van der Waals surface area contributed by atoms with Crippen LogP contribution in [0.25, 0.3) is 0 Å². The molecule has 0 aliphatic heterocycles. The molecule has 0 unspecified atom stereocenters. The van der Waals surface area contributed by atoms with Crippen molar-refractivity contribution in [3.05, 3.63) is 0 Å². The molecular formula is C9H19NO. The van der Waals surface area contributed by atoms with Gasteiger partial charge in [0.15, 0.2) is 0 Å². The SMILES string of the molecule is NC[C@@H]1CCCCCC[C@@H]1O. The van der Waals surface area contributed by atoms with Crippen LogP contribution in [0.15, 0.2) is 0 Å². The van der Waals surface area contributed by atoms with E-state index >= 15 is 0 Å². The largest absolute Gasteiger partial charge is 0.393 e. The second kappa shape index (κ2) is 4.73. The summed E-state index contributed by atoms with van der Waals surface area (Å²) in [6.45, 7) is 0.654. The molecule has 0 radical (unpaired) electrons. The van der Waals surface area contributed by atoms with Crippen molar-refractivity contribution >= 4 is 0 Å². The van der Waals surface area contributed by atoms with E-state index in [1.54, 1.807) is 0 Å². The summed E-state index contributed by atoms with van der Waals surface area (Å²) in [4.78, 5) is 0. The maximum atomic E-state index is 9.59. The van der Waals surface area contributed by atoms with Crippen molar-refractivity contribution < 1.29 is 5.11 Å². The minimum Gasteiger partial charge on any atom is -0.393 e. The number of aliphatic hydroxyl groups is 1. The summed E-state index contributed by atoms with van der Waals surface area (Å²) < 4.78 is 0. The van der Waals surface area contributed by atoms with Gasteiger partial charge in [-0.1, -0.05) is 25.7 Å². The zero-order chi connectivity index (χ0) is 8.10. The summed E-state index contributed by atoms with van der Waals surface area (Å²) >= 11 is 0. The van der Waals surface area contributed by atoms with Crippen LogP contribution >= 0.6 is 0 Å². The van der Waals surface area contributed by atoms with Crippen LogP contribution in [0.1, 0.15) is 38.5 Å². The van der Waals surface area contributed by atoms with Crippen LogP contribution in [-0.2, 0) is 0 Å². The molecule has 2 heteroatoms. The fraction of sp³-hybridized carbons (Fsp3) is 1.00. The first-order valence-electron chi connectivity index (χ1n) is 4.72. The number of hydrogen-bond donors (Lipinski definition) is 2. The third kappa shape index (κ3) is 2.80.